The lowest BCUT2D eigenvalue weighted by molar-refractivity contribution is 0.461. The van der Waals surface area contributed by atoms with Gasteiger partial charge in [0.2, 0.25) is 0 Å². The number of hydrogen-bond donors (Lipinski definition) is 0. The molecule has 3 nitrogen and oxygen atoms in total. The average molecular weight is 543 g/mol. The van der Waals surface area contributed by atoms with E-state index in [-0.39, 0.29) is 0 Å². The molecule has 5 rings (SSSR count). The van der Waals surface area contributed by atoms with E-state index >= 15 is 0 Å². The second-order valence-corrected chi connectivity index (χ2v) is 9.60. The van der Waals surface area contributed by atoms with Gasteiger partial charge < -0.3 is 0 Å². The van der Waals surface area contributed by atoms with E-state index in [1.54, 1.807) is 0 Å². The molecule has 2 heterocycles. The Morgan fingerprint density at radius 2 is 1.25 bits per heavy atom. The third kappa shape index (κ3) is 3.46. The molecule has 0 saturated heterocycles. The molecule has 5 aromatic rings. The molecule has 5 heteroatoms. The summed E-state index contributed by atoms with van der Waals surface area (Å²) in [6.07, 6.45) is 2.11. The van der Waals surface area contributed by atoms with Gasteiger partial charge in [-0.25, -0.2) is 0 Å². The monoisotopic (exact) mass is 543 g/mol. The van der Waals surface area contributed by atoms with Crippen LogP contribution < -0.4 is 0 Å². The molecular formula is C27H18IN3S. The summed E-state index contributed by atoms with van der Waals surface area (Å²) in [5.41, 5.74) is 3.64. The smallest absolute Gasteiger partial charge is 0.138 e. The zero-order chi connectivity index (χ0) is 22.0. The van der Waals surface area contributed by atoms with Gasteiger partial charge in [0, 0.05) is 6.20 Å². The zero-order valence-corrected chi connectivity index (χ0v) is 20.0. The number of benzene rings is 3. The number of thiophene rings is 1. The van der Waals surface area contributed by atoms with Crippen molar-refractivity contribution in [3.63, 3.8) is 0 Å². The third-order valence-electron chi connectivity index (χ3n) is 5.54. The second kappa shape index (κ2) is 8.73. The Hall–Kier alpha value is -3.21. The van der Waals surface area contributed by atoms with Crippen LogP contribution in [-0.2, 0) is 5.54 Å². The molecule has 0 radical (unpaired) electrons. The quantitative estimate of drug-likeness (QED) is 0.178. The first kappa shape index (κ1) is 20.7. The first-order chi connectivity index (χ1) is 15.7. The summed E-state index contributed by atoms with van der Waals surface area (Å²) in [7, 11) is 0. The van der Waals surface area contributed by atoms with Gasteiger partial charge in [-0.1, -0.05) is 91.0 Å². The van der Waals surface area contributed by atoms with Crippen molar-refractivity contribution in [2.45, 2.75) is 5.54 Å². The van der Waals surface area contributed by atoms with Crippen LogP contribution in [-0.4, -0.2) is 9.78 Å². The standard InChI is InChI=1S/C27H18IN3S/c28-24-19-31(30-26(24)25-17-16-23(18-29)32-25)27(20-10-4-1-5-11-20,21-12-6-2-7-13-21)22-14-8-3-9-15-22/h1-17,19H. The molecule has 0 fully saturated rings. The Bertz CT molecular complexity index is 1290. The summed E-state index contributed by atoms with van der Waals surface area (Å²) in [5, 5.41) is 14.4. The van der Waals surface area contributed by atoms with Crippen LogP contribution in [0.5, 0.6) is 0 Å². The van der Waals surface area contributed by atoms with E-state index in [0.29, 0.717) is 4.88 Å². The molecular weight excluding hydrogens is 525 g/mol. The Labute approximate surface area is 204 Å². The Morgan fingerprint density at radius 1 is 0.750 bits per heavy atom. The molecule has 2 aromatic heterocycles. The number of rotatable bonds is 5. The summed E-state index contributed by atoms with van der Waals surface area (Å²) < 4.78 is 3.12. The highest BCUT2D eigenvalue weighted by atomic mass is 127. The lowest BCUT2D eigenvalue weighted by Gasteiger charge is -2.36. The highest BCUT2D eigenvalue weighted by molar-refractivity contribution is 14.1. The van der Waals surface area contributed by atoms with Gasteiger partial charge in [-0.15, -0.1) is 11.3 Å². The molecule has 0 bridgehead atoms. The fourth-order valence-corrected chi connectivity index (χ4v) is 5.80. The summed E-state index contributed by atoms with van der Waals surface area (Å²) in [4.78, 5) is 1.68. The van der Waals surface area contributed by atoms with E-state index < -0.39 is 5.54 Å². The van der Waals surface area contributed by atoms with Crippen molar-refractivity contribution in [2.24, 2.45) is 0 Å². The van der Waals surface area contributed by atoms with Crippen molar-refractivity contribution >= 4 is 33.9 Å². The summed E-state index contributed by atoms with van der Waals surface area (Å²) in [6, 6.07) is 37.6. The van der Waals surface area contributed by atoms with E-state index in [1.165, 1.54) is 11.3 Å². The molecule has 0 aliphatic heterocycles. The maximum absolute atomic E-state index is 9.28. The van der Waals surface area contributed by atoms with E-state index in [0.717, 1.165) is 30.8 Å². The Kier molecular flexibility index (Phi) is 5.64. The maximum atomic E-state index is 9.28. The number of hydrogen-bond acceptors (Lipinski definition) is 3. The van der Waals surface area contributed by atoms with Gasteiger partial charge in [0.25, 0.3) is 0 Å². The predicted octanol–water partition coefficient (Wildman–Crippen LogP) is 6.93. The molecule has 0 amide bonds. The molecule has 3 aromatic carbocycles. The lowest BCUT2D eigenvalue weighted by Crippen LogP contribution is -2.38. The van der Waals surface area contributed by atoms with E-state index in [1.807, 2.05) is 30.3 Å². The fraction of sp³-hybridized carbons (Fsp3) is 0.0370. The van der Waals surface area contributed by atoms with Crippen molar-refractivity contribution in [1.29, 1.82) is 5.26 Å². The Balaban J connectivity index is 1.84. The van der Waals surface area contributed by atoms with Gasteiger partial charge in [0.05, 0.1) is 8.45 Å². The zero-order valence-electron chi connectivity index (χ0n) is 17.0. The first-order valence-electron chi connectivity index (χ1n) is 10.2. The van der Waals surface area contributed by atoms with Crippen LogP contribution in [0.25, 0.3) is 10.6 Å². The largest absolute Gasteiger partial charge is 0.251 e. The van der Waals surface area contributed by atoms with Gasteiger partial charge in [-0.05, 0) is 51.4 Å². The van der Waals surface area contributed by atoms with Crippen molar-refractivity contribution in [1.82, 2.24) is 9.78 Å². The molecule has 154 valence electrons. The van der Waals surface area contributed by atoms with Crippen LogP contribution in [0.4, 0.5) is 0 Å². The minimum Gasteiger partial charge on any atom is -0.251 e. The van der Waals surface area contributed by atoms with Crippen LogP contribution in [0.1, 0.15) is 21.6 Å². The van der Waals surface area contributed by atoms with Crippen LogP contribution >= 0.6 is 33.9 Å². The Morgan fingerprint density at radius 3 is 1.69 bits per heavy atom. The molecule has 0 aliphatic carbocycles. The van der Waals surface area contributed by atoms with Gasteiger partial charge in [-0.3, -0.25) is 4.68 Å². The second-order valence-electron chi connectivity index (χ2n) is 7.35. The van der Waals surface area contributed by atoms with Crippen LogP contribution in [0.2, 0.25) is 0 Å². The molecule has 0 spiro atoms. The maximum Gasteiger partial charge on any atom is 0.138 e. The van der Waals surface area contributed by atoms with Crippen molar-refractivity contribution in [2.75, 3.05) is 0 Å². The third-order valence-corrected chi connectivity index (χ3v) is 7.32. The summed E-state index contributed by atoms with van der Waals surface area (Å²) in [6.45, 7) is 0. The number of halogens is 1. The summed E-state index contributed by atoms with van der Waals surface area (Å²) in [5.74, 6) is 0. The molecule has 0 saturated carbocycles. The fourth-order valence-electron chi connectivity index (χ4n) is 4.15. The topological polar surface area (TPSA) is 41.6 Å². The SMILES string of the molecule is N#Cc1ccc(-c2nn(C(c3ccccc3)(c3ccccc3)c3ccccc3)cc2I)s1. The minimum absolute atomic E-state index is 0.642. The number of nitrogens with zero attached hydrogens (tertiary/aromatic N) is 3. The summed E-state index contributed by atoms with van der Waals surface area (Å²) >= 11 is 3.81. The van der Waals surface area contributed by atoms with Crippen molar-refractivity contribution in [3.8, 4) is 16.6 Å². The number of nitriles is 1. The molecule has 0 aliphatic rings. The van der Waals surface area contributed by atoms with Crippen LogP contribution in [0, 0.1) is 14.9 Å². The predicted molar refractivity (Wildman–Crippen MR) is 138 cm³/mol. The number of aromatic nitrogens is 2. The lowest BCUT2D eigenvalue weighted by atomic mass is 9.77. The van der Waals surface area contributed by atoms with Gasteiger partial charge in [-0.2, -0.15) is 10.4 Å². The molecule has 0 N–H and O–H groups in total. The molecule has 0 atom stereocenters. The van der Waals surface area contributed by atoms with Crippen LogP contribution in [0.3, 0.4) is 0 Å². The van der Waals surface area contributed by atoms with Crippen molar-refractivity contribution < 1.29 is 0 Å². The normalized spacial score (nSPS) is 11.2. The van der Waals surface area contributed by atoms with E-state index in [2.05, 4.69) is 112 Å². The van der Waals surface area contributed by atoms with Gasteiger partial charge in [0.1, 0.15) is 22.2 Å². The van der Waals surface area contributed by atoms with Crippen molar-refractivity contribution in [3.05, 3.63) is 134 Å². The highest BCUT2D eigenvalue weighted by Crippen LogP contribution is 2.42. The van der Waals surface area contributed by atoms with E-state index in [4.69, 9.17) is 5.10 Å². The molecule has 32 heavy (non-hydrogen) atoms. The minimum atomic E-state index is -0.642. The highest BCUT2D eigenvalue weighted by Gasteiger charge is 2.39. The van der Waals surface area contributed by atoms with Gasteiger partial charge >= 0.3 is 0 Å². The molecule has 0 unspecified atom stereocenters. The first-order valence-corrected chi connectivity index (χ1v) is 12.1. The average Bonchev–Trinajstić information content (AvgIpc) is 3.48. The van der Waals surface area contributed by atoms with Gasteiger partial charge in [0.15, 0.2) is 0 Å². The van der Waals surface area contributed by atoms with E-state index in [9.17, 15) is 5.26 Å². The van der Waals surface area contributed by atoms with Crippen LogP contribution in [0.15, 0.2) is 109 Å².